The molecule has 1 aromatic carbocycles. The Bertz CT molecular complexity index is 621. The van der Waals surface area contributed by atoms with Crippen LogP contribution in [0.4, 0.5) is 0 Å². The van der Waals surface area contributed by atoms with Gasteiger partial charge in [-0.25, -0.2) is 0 Å². The van der Waals surface area contributed by atoms with Crippen LogP contribution in [0.5, 0.6) is 0 Å². The average molecular weight is 355 g/mol. The van der Waals surface area contributed by atoms with Crippen LogP contribution < -0.4 is 5.32 Å². The highest BCUT2D eigenvalue weighted by Gasteiger charge is 2.14. The van der Waals surface area contributed by atoms with Gasteiger partial charge < -0.3 is 10.2 Å². The first-order valence-electron chi connectivity index (χ1n) is 10.6. The highest BCUT2D eigenvalue weighted by molar-refractivity contribution is 5.75. The van der Waals surface area contributed by atoms with Gasteiger partial charge in [0, 0.05) is 18.8 Å². The predicted octanol–water partition coefficient (Wildman–Crippen LogP) is 6.02. The van der Waals surface area contributed by atoms with Gasteiger partial charge in [-0.05, 0) is 93.8 Å². The number of hydrogen-bond donors (Lipinski definition) is 1. The van der Waals surface area contributed by atoms with Crippen LogP contribution in [0, 0.1) is 6.92 Å². The van der Waals surface area contributed by atoms with E-state index in [1.54, 1.807) is 11.1 Å². The molecule has 1 fully saturated rings. The van der Waals surface area contributed by atoms with Crippen molar-refractivity contribution in [2.45, 2.75) is 66.2 Å². The van der Waals surface area contributed by atoms with E-state index >= 15 is 0 Å². The topological polar surface area (TPSA) is 15.3 Å². The molecule has 1 saturated heterocycles. The fourth-order valence-electron chi connectivity index (χ4n) is 4.03. The molecule has 1 aliphatic heterocycles. The molecule has 2 aliphatic rings. The molecule has 2 nitrogen and oxygen atoms in total. The van der Waals surface area contributed by atoms with E-state index in [9.17, 15) is 0 Å². The van der Waals surface area contributed by atoms with E-state index in [4.69, 9.17) is 0 Å². The Kier molecular flexibility index (Phi) is 8.44. The summed E-state index contributed by atoms with van der Waals surface area (Å²) in [5.74, 6) is 0. The number of nitrogens with one attached hydrogen (secondary N) is 1. The highest BCUT2D eigenvalue weighted by atomic mass is 15.1. The number of rotatable bonds is 6. The van der Waals surface area contributed by atoms with E-state index in [0.717, 1.165) is 18.8 Å². The van der Waals surface area contributed by atoms with Crippen LogP contribution in [0.1, 0.15) is 76.0 Å². The maximum absolute atomic E-state index is 4.28. The number of allylic oxidation sites excluding steroid dienone is 2. The number of benzene rings is 1. The smallest absolute Gasteiger partial charge is 0.0341 e. The van der Waals surface area contributed by atoms with Crippen molar-refractivity contribution in [2.24, 2.45) is 0 Å². The minimum Gasteiger partial charge on any atom is -0.384 e. The van der Waals surface area contributed by atoms with Gasteiger partial charge in [0.05, 0.1) is 0 Å². The lowest BCUT2D eigenvalue weighted by molar-refractivity contribution is 0.343. The van der Waals surface area contributed by atoms with Gasteiger partial charge >= 0.3 is 0 Å². The fraction of sp³-hybridized carbons (Fsp3) is 0.583. The highest BCUT2D eigenvalue weighted by Crippen LogP contribution is 2.34. The maximum Gasteiger partial charge on any atom is 0.0341 e. The Labute approximate surface area is 161 Å². The first-order chi connectivity index (χ1) is 12.6. The largest absolute Gasteiger partial charge is 0.384 e. The molecule has 0 radical (unpaired) electrons. The molecule has 1 heterocycles. The van der Waals surface area contributed by atoms with Crippen molar-refractivity contribution in [3.8, 4) is 0 Å². The third kappa shape index (κ3) is 5.48. The summed E-state index contributed by atoms with van der Waals surface area (Å²) in [6, 6.07) is 6.82. The van der Waals surface area contributed by atoms with Gasteiger partial charge in [-0.15, -0.1) is 0 Å². The molecular formula is C24H38N2. The van der Waals surface area contributed by atoms with Crippen molar-refractivity contribution in [3.63, 3.8) is 0 Å². The molecule has 0 aromatic heterocycles. The molecule has 26 heavy (non-hydrogen) atoms. The summed E-state index contributed by atoms with van der Waals surface area (Å²) in [4.78, 5) is 2.54. The quantitative estimate of drug-likeness (QED) is 0.671. The van der Waals surface area contributed by atoms with Gasteiger partial charge in [0.2, 0.25) is 0 Å². The van der Waals surface area contributed by atoms with Crippen molar-refractivity contribution < 1.29 is 0 Å². The molecule has 144 valence electrons. The molecule has 3 rings (SSSR count). The zero-order valence-electron chi connectivity index (χ0n) is 17.5. The van der Waals surface area contributed by atoms with Gasteiger partial charge in [0.25, 0.3) is 0 Å². The Balaban J connectivity index is 0.00000117. The lowest BCUT2D eigenvalue weighted by Gasteiger charge is -2.21. The second-order valence-corrected chi connectivity index (χ2v) is 7.45. The van der Waals surface area contributed by atoms with E-state index in [-0.39, 0.29) is 0 Å². The minimum atomic E-state index is 0.990. The van der Waals surface area contributed by atoms with Gasteiger partial charge in [0.15, 0.2) is 0 Å². The number of hydrogen-bond acceptors (Lipinski definition) is 2. The number of nitrogens with zero attached hydrogens (tertiary/aromatic N) is 1. The van der Waals surface area contributed by atoms with E-state index < -0.39 is 0 Å². The van der Waals surface area contributed by atoms with Crippen LogP contribution in [0.3, 0.4) is 0 Å². The molecule has 0 bridgehead atoms. The summed E-state index contributed by atoms with van der Waals surface area (Å²) in [6.45, 7) is 17.5. The number of likely N-dealkylation sites (tertiary alicyclic amines) is 1. The van der Waals surface area contributed by atoms with Crippen LogP contribution in [0.2, 0.25) is 0 Å². The summed E-state index contributed by atoms with van der Waals surface area (Å²) < 4.78 is 0. The molecule has 1 N–H and O–H groups in total. The van der Waals surface area contributed by atoms with Crippen molar-refractivity contribution >= 4 is 11.3 Å². The van der Waals surface area contributed by atoms with E-state index in [2.05, 4.69) is 48.8 Å². The summed E-state index contributed by atoms with van der Waals surface area (Å²) >= 11 is 0. The lowest BCUT2D eigenvalue weighted by Crippen LogP contribution is -2.29. The van der Waals surface area contributed by atoms with E-state index in [1.165, 1.54) is 68.3 Å². The second-order valence-electron chi connectivity index (χ2n) is 7.45. The van der Waals surface area contributed by atoms with Gasteiger partial charge in [0.1, 0.15) is 0 Å². The molecule has 0 amide bonds. The number of aryl methyl sites for hydroxylation is 1. The molecule has 0 atom stereocenters. The Morgan fingerprint density at radius 3 is 2.42 bits per heavy atom. The second kappa shape index (κ2) is 10.6. The summed E-state index contributed by atoms with van der Waals surface area (Å²) in [5.41, 5.74) is 8.28. The summed E-state index contributed by atoms with van der Waals surface area (Å²) in [7, 11) is 0. The molecule has 0 spiro atoms. The van der Waals surface area contributed by atoms with E-state index in [0.29, 0.717) is 0 Å². The lowest BCUT2D eigenvalue weighted by atomic mass is 9.85. The van der Waals surface area contributed by atoms with Gasteiger partial charge in [-0.1, -0.05) is 38.1 Å². The van der Waals surface area contributed by atoms with Crippen molar-refractivity contribution in [1.29, 1.82) is 0 Å². The SMILES string of the molecule is C=C(NCCN1CCCC1)c1ccc(C)c(C2=C(C)CCCC2)c1.CC. The molecule has 1 aromatic rings. The minimum absolute atomic E-state index is 0.990. The Morgan fingerprint density at radius 1 is 1.04 bits per heavy atom. The fourth-order valence-corrected chi connectivity index (χ4v) is 4.03. The molecule has 0 unspecified atom stereocenters. The Hall–Kier alpha value is -1.54. The summed E-state index contributed by atoms with van der Waals surface area (Å²) in [5, 5.41) is 3.53. The van der Waals surface area contributed by atoms with Crippen molar-refractivity contribution in [3.05, 3.63) is 47.0 Å². The van der Waals surface area contributed by atoms with Crippen LogP contribution in [0.25, 0.3) is 11.3 Å². The van der Waals surface area contributed by atoms with E-state index in [1.807, 2.05) is 13.8 Å². The molecule has 1 aliphatic carbocycles. The van der Waals surface area contributed by atoms with Crippen LogP contribution >= 0.6 is 0 Å². The molecular weight excluding hydrogens is 316 g/mol. The van der Waals surface area contributed by atoms with Crippen molar-refractivity contribution in [1.82, 2.24) is 10.2 Å². The molecule has 2 heteroatoms. The monoisotopic (exact) mass is 354 g/mol. The van der Waals surface area contributed by atoms with Crippen LogP contribution in [-0.2, 0) is 0 Å². The van der Waals surface area contributed by atoms with Crippen LogP contribution in [-0.4, -0.2) is 31.1 Å². The third-order valence-corrected chi connectivity index (χ3v) is 5.62. The Morgan fingerprint density at radius 2 is 1.73 bits per heavy atom. The summed E-state index contributed by atoms with van der Waals surface area (Å²) in [6.07, 6.45) is 7.87. The normalized spacial score (nSPS) is 17.7. The molecule has 0 saturated carbocycles. The predicted molar refractivity (Wildman–Crippen MR) is 116 cm³/mol. The first-order valence-corrected chi connectivity index (χ1v) is 10.6. The van der Waals surface area contributed by atoms with Gasteiger partial charge in [-0.2, -0.15) is 0 Å². The van der Waals surface area contributed by atoms with Gasteiger partial charge in [-0.3, -0.25) is 0 Å². The van der Waals surface area contributed by atoms with Crippen LogP contribution in [0.15, 0.2) is 30.4 Å². The first kappa shape index (κ1) is 20.8. The maximum atomic E-state index is 4.28. The zero-order valence-corrected chi connectivity index (χ0v) is 17.5. The average Bonchev–Trinajstić information content (AvgIpc) is 3.18. The third-order valence-electron chi connectivity index (χ3n) is 5.62. The standard InChI is InChI=1S/C22H32N2.C2H6/c1-17-8-4-5-9-21(17)22-16-20(11-10-18(22)2)19(3)23-12-15-24-13-6-7-14-24;1-2/h10-11,16,23H,3-9,12-15H2,1-2H3;1-2H3. The zero-order chi connectivity index (χ0) is 18.9. The van der Waals surface area contributed by atoms with Crippen molar-refractivity contribution in [2.75, 3.05) is 26.2 Å².